The lowest BCUT2D eigenvalue weighted by Gasteiger charge is -2.22. The Balaban J connectivity index is 3.26. The summed E-state index contributed by atoms with van der Waals surface area (Å²) in [5.74, 6) is 2.53. The van der Waals surface area contributed by atoms with Gasteiger partial charge in [-0.25, -0.2) is 9.97 Å². The van der Waals surface area contributed by atoms with Gasteiger partial charge in [-0.2, -0.15) is 0 Å². The molecule has 120 valence electrons. The van der Waals surface area contributed by atoms with Crippen LogP contribution in [0.25, 0.3) is 0 Å². The zero-order valence-corrected chi connectivity index (χ0v) is 15.6. The summed E-state index contributed by atoms with van der Waals surface area (Å²) in [4.78, 5) is 9.45. The van der Waals surface area contributed by atoms with Crippen LogP contribution in [-0.2, 0) is 11.2 Å². The van der Waals surface area contributed by atoms with E-state index in [4.69, 9.17) is 9.72 Å². The molecular weight excluding hydrogens is 330 g/mol. The molecule has 0 radical (unpaired) electrons. The van der Waals surface area contributed by atoms with Gasteiger partial charge in [-0.05, 0) is 48.0 Å². The third-order valence-electron chi connectivity index (χ3n) is 3.09. The number of halogens is 1. The Morgan fingerprint density at radius 1 is 1.14 bits per heavy atom. The zero-order valence-electron chi connectivity index (χ0n) is 14.0. The molecule has 1 aromatic heterocycles. The Morgan fingerprint density at radius 2 is 1.81 bits per heavy atom. The van der Waals surface area contributed by atoms with Crippen LogP contribution in [0.4, 0.5) is 5.82 Å². The second-order valence-electron chi connectivity index (χ2n) is 5.94. The second-order valence-corrected chi connectivity index (χ2v) is 6.73. The molecule has 0 bridgehead atoms. The number of nitrogens with one attached hydrogen (secondary N) is 1. The van der Waals surface area contributed by atoms with E-state index >= 15 is 0 Å². The molecule has 4 nitrogen and oxygen atoms in total. The highest BCUT2D eigenvalue weighted by Crippen LogP contribution is 2.30. The molecule has 0 fully saturated rings. The number of hydrogen-bond acceptors (Lipinski definition) is 4. The number of rotatable bonds is 8. The molecular formula is C16H28BrN3O. The predicted octanol–water partition coefficient (Wildman–Crippen LogP) is 4.60. The summed E-state index contributed by atoms with van der Waals surface area (Å²) in [5.41, 5.74) is 1.05. The smallest absolute Gasteiger partial charge is 0.160 e. The molecule has 0 saturated carbocycles. The van der Waals surface area contributed by atoms with Crippen LogP contribution in [0, 0.1) is 11.8 Å². The van der Waals surface area contributed by atoms with Crippen LogP contribution in [0.5, 0.6) is 0 Å². The largest absolute Gasteiger partial charge is 0.370 e. The molecule has 0 aliphatic rings. The zero-order chi connectivity index (χ0) is 16.0. The lowest BCUT2D eigenvalue weighted by atomic mass is 10.0. The third-order valence-corrected chi connectivity index (χ3v) is 3.92. The Morgan fingerprint density at radius 3 is 2.29 bits per heavy atom. The van der Waals surface area contributed by atoms with E-state index < -0.39 is 0 Å². The van der Waals surface area contributed by atoms with Gasteiger partial charge in [-0.3, -0.25) is 0 Å². The number of hydrogen-bond donors (Lipinski definition) is 1. The first-order valence-corrected chi connectivity index (χ1v) is 8.61. The van der Waals surface area contributed by atoms with E-state index in [1.165, 1.54) is 0 Å². The summed E-state index contributed by atoms with van der Waals surface area (Å²) < 4.78 is 6.83. The van der Waals surface area contributed by atoms with Gasteiger partial charge >= 0.3 is 0 Å². The van der Waals surface area contributed by atoms with Crippen molar-refractivity contribution in [2.24, 2.45) is 11.8 Å². The molecule has 0 amide bonds. The van der Waals surface area contributed by atoms with Gasteiger partial charge in [0.2, 0.25) is 0 Å². The molecule has 0 aliphatic carbocycles. The summed E-state index contributed by atoms with van der Waals surface area (Å²) >= 11 is 3.64. The van der Waals surface area contributed by atoms with E-state index in [0.717, 1.165) is 34.8 Å². The van der Waals surface area contributed by atoms with Crippen molar-refractivity contribution in [1.82, 2.24) is 9.97 Å². The maximum absolute atomic E-state index is 5.85. The highest BCUT2D eigenvalue weighted by molar-refractivity contribution is 9.10. The SMILES string of the molecule is CCNc1nc(C(OCC)C(C)C)nc(CC(C)C)c1Br. The van der Waals surface area contributed by atoms with Crippen LogP contribution in [0.3, 0.4) is 0 Å². The molecule has 1 aromatic rings. The van der Waals surface area contributed by atoms with Crippen LogP contribution in [-0.4, -0.2) is 23.1 Å². The van der Waals surface area contributed by atoms with Gasteiger partial charge in [-0.1, -0.05) is 27.7 Å². The fraction of sp³-hybridized carbons (Fsp3) is 0.750. The number of aromatic nitrogens is 2. The molecule has 0 aromatic carbocycles. The number of ether oxygens (including phenoxy) is 1. The standard InChI is InChI=1S/C16H28BrN3O/c1-7-18-15-13(17)12(9-10(3)4)19-16(20-15)14(11(5)6)21-8-2/h10-11,14H,7-9H2,1-6H3,(H,18,19,20). The van der Waals surface area contributed by atoms with Gasteiger partial charge in [0.15, 0.2) is 5.82 Å². The quantitative estimate of drug-likeness (QED) is 0.738. The Kier molecular flexibility index (Phi) is 7.60. The van der Waals surface area contributed by atoms with Crippen LogP contribution in [0.1, 0.15) is 59.2 Å². The summed E-state index contributed by atoms with van der Waals surface area (Å²) in [6.45, 7) is 14.2. The molecule has 0 spiro atoms. The Bertz CT molecular complexity index is 449. The normalized spacial score (nSPS) is 13.0. The minimum absolute atomic E-state index is 0.0635. The van der Waals surface area contributed by atoms with E-state index in [9.17, 15) is 0 Å². The number of anilines is 1. The van der Waals surface area contributed by atoms with Crippen molar-refractivity contribution in [2.75, 3.05) is 18.5 Å². The lowest BCUT2D eigenvalue weighted by molar-refractivity contribution is 0.0231. The molecule has 5 heteroatoms. The van der Waals surface area contributed by atoms with Crippen molar-refractivity contribution in [3.05, 3.63) is 16.0 Å². The molecule has 1 N–H and O–H groups in total. The summed E-state index contributed by atoms with van der Waals surface area (Å²) in [6.07, 6.45) is 0.859. The average Bonchev–Trinajstić information content (AvgIpc) is 2.39. The van der Waals surface area contributed by atoms with Crippen molar-refractivity contribution >= 4 is 21.7 Å². The first-order chi connectivity index (χ1) is 9.90. The lowest BCUT2D eigenvalue weighted by Crippen LogP contribution is -2.18. The molecule has 0 aliphatic heterocycles. The minimum Gasteiger partial charge on any atom is -0.370 e. The van der Waals surface area contributed by atoms with Gasteiger partial charge in [0.1, 0.15) is 11.9 Å². The van der Waals surface area contributed by atoms with Gasteiger partial charge in [0.25, 0.3) is 0 Å². The fourth-order valence-corrected chi connectivity index (χ4v) is 2.67. The highest BCUT2D eigenvalue weighted by Gasteiger charge is 2.22. The van der Waals surface area contributed by atoms with Crippen molar-refractivity contribution in [1.29, 1.82) is 0 Å². The second kappa shape index (κ2) is 8.69. The third kappa shape index (κ3) is 5.22. The first-order valence-electron chi connectivity index (χ1n) is 7.82. The first kappa shape index (κ1) is 18.4. The van der Waals surface area contributed by atoms with Crippen LogP contribution >= 0.6 is 15.9 Å². The van der Waals surface area contributed by atoms with Crippen molar-refractivity contribution in [2.45, 2.75) is 54.1 Å². The summed E-state index contributed by atoms with van der Waals surface area (Å²) in [7, 11) is 0. The monoisotopic (exact) mass is 357 g/mol. The van der Waals surface area contributed by atoms with E-state index in [-0.39, 0.29) is 6.10 Å². The van der Waals surface area contributed by atoms with Gasteiger partial charge in [0.05, 0.1) is 10.2 Å². The van der Waals surface area contributed by atoms with E-state index in [1.54, 1.807) is 0 Å². The van der Waals surface area contributed by atoms with Crippen molar-refractivity contribution in [3.8, 4) is 0 Å². The Labute approximate surface area is 137 Å². The molecule has 1 rings (SSSR count). The maximum Gasteiger partial charge on any atom is 0.160 e. The fourth-order valence-electron chi connectivity index (χ4n) is 2.19. The van der Waals surface area contributed by atoms with E-state index in [1.807, 2.05) is 6.92 Å². The molecule has 0 saturated heterocycles. The molecule has 21 heavy (non-hydrogen) atoms. The molecule has 1 heterocycles. The van der Waals surface area contributed by atoms with Gasteiger partial charge < -0.3 is 10.1 Å². The average molecular weight is 358 g/mol. The Hall–Kier alpha value is -0.680. The maximum atomic E-state index is 5.85. The van der Waals surface area contributed by atoms with E-state index in [0.29, 0.717) is 18.4 Å². The van der Waals surface area contributed by atoms with Crippen LogP contribution < -0.4 is 5.32 Å². The molecule has 1 atom stereocenters. The number of nitrogens with zero attached hydrogens (tertiary/aromatic N) is 2. The van der Waals surface area contributed by atoms with Crippen molar-refractivity contribution in [3.63, 3.8) is 0 Å². The topological polar surface area (TPSA) is 47.0 Å². The highest BCUT2D eigenvalue weighted by atomic mass is 79.9. The van der Waals surface area contributed by atoms with Gasteiger partial charge in [0, 0.05) is 13.2 Å². The van der Waals surface area contributed by atoms with Crippen molar-refractivity contribution < 1.29 is 4.74 Å². The van der Waals surface area contributed by atoms with E-state index in [2.05, 4.69) is 60.8 Å². The summed E-state index contributed by atoms with van der Waals surface area (Å²) in [6, 6.07) is 0. The van der Waals surface area contributed by atoms with Crippen LogP contribution in [0.2, 0.25) is 0 Å². The molecule has 1 unspecified atom stereocenters. The predicted molar refractivity (Wildman–Crippen MR) is 91.6 cm³/mol. The van der Waals surface area contributed by atoms with Crippen LogP contribution in [0.15, 0.2) is 4.47 Å². The summed E-state index contributed by atoms with van der Waals surface area (Å²) in [5, 5.41) is 3.31. The minimum atomic E-state index is -0.0635. The van der Waals surface area contributed by atoms with Gasteiger partial charge in [-0.15, -0.1) is 0 Å².